The number of nitrogens with zero attached hydrogens (tertiary/aromatic N) is 1. The molecule has 0 aliphatic rings. The summed E-state index contributed by atoms with van der Waals surface area (Å²) < 4.78 is 35.7. The van der Waals surface area contributed by atoms with Gasteiger partial charge in [0.05, 0.1) is 4.90 Å². The first-order chi connectivity index (χ1) is 8.38. The smallest absolute Gasteiger partial charge is 0.215 e. The number of hydrogen-bond donors (Lipinski definition) is 0. The van der Waals surface area contributed by atoms with Crippen LogP contribution in [0.25, 0.3) is 11.1 Å². The second-order valence-electron chi connectivity index (χ2n) is 4.13. The van der Waals surface area contributed by atoms with E-state index in [-0.39, 0.29) is 4.90 Å². The molecule has 0 atom stereocenters. The van der Waals surface area contributed by atoms with Crippen LogP contribution in [0.3, 0.4) is 0 Å². The van der Waals surface area contributed by atoms with Crippen LogP contribution >= 0.6 is 0 Å². The predicted molar refractivity (Wildman–Crippen MR) is 67.5 cm³/mol. The molecule has 0 amide bonds. The maximum Gasteiger partial charge on any atom is 0.215 e. The summed E-state index contributed by atoms with van der Waals surface area (Å²) in [6.07, 6.45) is 2.59. The molecule has 0 N–H and O–H groups in total. The molecule has 94 valence electrons. The van der Waals surface area contributed by atoms with E-state index in [4.69, 9.17) is 0 Å². The molecule has 2 aromatic rings. The van der Waals surface area contributed by atoms with Gasteiger partial charge in [0.2, 0.25) is 5.95 Å². The van der Waals surface area contributed by atoms with Gasteiger partial charge in [0.1, 0.15) is 0 Å². The average Bonchev–Trinajstić information content (AvgIpc) is 2.32. The maximum absolute atomic E-state index is 13.0. The van der Waals surface area contributed by atoms with Crippen molar-refractivity contribution >= 4 is 9.84 Å². The fraction of sp³-hybridized carbons (Fsp3) is 0.154. The molecule has 0 radical (unpaired) electrons. The average molecular weight is 265 g/mol. The number of rotatable bonds is 2. The number of aryl methyl sites for hydroxylation is 1. The van der Waals surface area contributed by atoms with Crippen molar-refractivity contribution < 1.29 is 12.8 Å². The molecular formula is C13H12FNO2S. The molecule has 0 saturated carbocycles. The fourth-order valence-corrected chi connectivity index (χ4v) is 2.24. The topological polar surface area (TPSA) is 47.0 Å². The molecule has 0 aliphatic heterocycles. The molecule has 0 saturated heterocycles. The van der Waals surface area contributed by atoms with E-state index < -0.39 is 15.8 Å². The van der Waals surface area contributed by atoms with Gasteiger partial charge in [-0.25, -0.2) is 13.4 Å². The molecular weight excluding hydrogens is 253 g/mol. The van der Waals surface area contributed by atoms with Crippen molar-refractivity contribution in [3.05, 3.63) is 48.0 Å². The van der Waals surface area contributed by atoms with Gasteiger partial charge in [0.25, 0.3) is 0 Å². The molecule has 0 bridgehead atoms. The third-order valence-corrected chi connectivity index (χ3v) is 3.76. The summed E-state index contributed by atoms with van der Waals surface area (Å²) >= 11 is 0. The Hall–Kier alpha value is -1.75. The Morgan fingerprint density at radius 2 is 1.72 bits per heavy atom. The van der Waals surface area contributed by atoms with Crippen LogP contribution in [0, 0.1) is 12.9 Å². The van der Waals surface area contributed by atoms with Gasteiger partial charge in [-0.15, -0.1) is 0 Å². The number of hydrogen-bond acceptors (Lipinski definition) is 3. The van der Waals surface area contributed by atoms with E-state index in [1.807, 2.05) is 0 Å². The highest BCUT2D eigenvalue weighted by Gasteiger charge is 2.07. The molecule has 1 heterocycles. The van der Waals surface area contributed by atoms with Crippen molar-refractivity contribution in [2.24, 2.45) is 0 Å². The Kier molecular flexibility index (Phi) is 3.17. The maximum atomic E-state index is 13.0. The van der Waals surface area contributed by atoms with Crippen LogP contribution in [0.15, 0.2) is 41.4 Å². The van der Waals surface area contributed by atoms with Crippen LogP contribution in [0.5, 0.6) is 0 Å². The zero-order valence-corrected chi connectivity index (χ0v) is 10.8. The van der Waals surface area contributed by atoms with Crippen molar-refractivity contribution in [2.75, 3.05) is 6.26 Å². The monoisotopic (exact) mass is 265 g/mol. The Morgan fingerprint density at radius 1 is 1.11 bits per heavy atom. The molecule has 18 heavy (non-hydrogen) atoms. The summed E-state index contributed by atoms with van der Waals surface area (Å²) in [7, 11) is -3.19. The molecule has 1 aromatic heterocycles. The van der Waals surface area contributed by atoms with Gasteiger partial charge in [-0.1, -0.05) is 12.1 Å². The van der Waals surface area contributed by atoms with E-state index in [0.29, 0.717) is 5.56 Å². The molecule has 1 aromatic carbocycles. The minimum absolute atomic E-state index is 0.262. The van der Waals surface area contributed by atoms with Crippen LogP contribution in [0.4, 0.5) is 4.39 Å². The summed E-state index contributed by atoms with van der Waals surface area (Å²) in [5.74, 6) is -0.494. The summed E-state index contributed by atoms with van der Waals surface area (Å²) in [5.41, 5.74) is 2.02. The van der Waals surface area contributed by atoms with E-state index in [9.17, 15) is 12.8 Å². The Morgan fingerprint density at radius 3 is 2.22 bits per heavy atom. The Balaban J connectivity index is 2.43. The van der Waals surface area contributed by atoms with Crippen LogP contribution < -0.4 is 0 Å². The molecule has 2 rings (SSSR count). The highest BCUT2D eigenvalue weighted by atomic mass is 32.2. The lowest BCUT2D eigenvalue weighted by atomic mass is 10.1. The molecule has 0 unspecified atom stereocenters. The third kappa shape index (κ3) is 2.56. The molecule has 5 heteroatoms. The second-order valence-corrected chi connectivity index (χ2v) is 6.14. The van der Waals surface area contributed by atoms with Crippen LogP contribution in [0.2, 0.25) is 0 Å². The largest absolute Gasteiger partial charge is 0.227 e. The number of sulfone groups is 1. The number of pyridine rings is 1. The zero-order chi connectivity index (χ0) is 13.3. The molecule has 0 fully saturated rings. The van der Waals surface area contributed by atoms with Gasteiger partial charge < -0.3 is 0 Å². The van der Waals surface area contributed by atoms with Crippen molar-refractivity contribution in [1.82, 2.24) is 4.98 Å². The highest BCUT2D eigenvalue weighted by molar-refractivity contribution is 7.90. The molecule has 0 aliphatic carbocycles. The first-order valence-corrected chi connectivity index (χ1v) is 7.20. The van der Waals surface area contributed by atoms with E-state index >= 15 is 0 Å². The number of benzene rings is 1. The predicted octanol–water partition coefficient (Wildman–Crippen LogP) is 2.60. The van der Waals surface area contributed by atoms with Crippen LogP contribution in [-0.2, 0) is 9.84 Å². The summed E-state index contributed by atoms with van der Waals surface area (Å²) in [6, 6.07) is 8.11. The van der Waals surface area contributed by atoms with E-state index in [2.05, 4.69) is 4.98 Å². The zero-order valence-electron chi connectivity index (χ0n) is 10.0. The van der Waals surface area contributed by atoms with E-state index in [0.717, 1.165) is 17.4 Å². The van der Waals surface area contributed by atoms with E-state index in [1.54, 1.807) is 25.1 Å². The first-order valence-electron chi connectivity index (χ1n) is 5.30. The van der Waals surface area contributed by atoms with Gasteiger partial charge in [0, 0.05) is 23.6 Å². The van der Waals surface area contributed by atoms with Crippen molar-refractivity contribution in [2.45, 2.75) is 11.8 Å². The minimum atomic E-state index is -3.19. The molecule has 3 nitrogen and oxygen atoms in total. The Bertz CT molecular complexity index is 679. The Labute approximate surface area is 105 Å². The van der Waals surface area contributed by atoms with Crippen molar-refractivity contribution in [3.63, 3.8) is 0 Å². The number of halogens is 1. The fourth-order valence-electron chi connectivity index (χ4n) is 1.61. The van der Waals surface area contributed by atoms with E-state index in [1.165, 1.54) is 18.3 Å². The van der Waals surface area contributed by atoms with Gasteiger partial charge in [0.15, 0.2) is 9.84 Å². The second kappa shape index (κ2) is 4.49. The normalized spacial score (nSPS) is 11.5. The van der Waals surface area contributed by atoms with Crippen LogP contribution in [-0.4, -0.2) is 19.7 Å². The SMILES string of the molecule is Cc1cc(-c2ccc(S(C)(=O)=O)cc2)cnc1F. The third-order valence-electron chi connectivity index (χ3n) is 2.63. The van der Waals surface area contributed by atoms with Crippen molar-refractivity contribution in [3.8, 4) is 11.1 Å². The lowest BCUT2D eigenvalue weighted by Crippen LogP contribution is -1.96. The highest BCUT2D eigenvalue weighted by Crippen LogP contribution is 2.22. The standard InChI is InChI=1S/C13H12FNO2S/c1-9-7-11(8-15-13(9)14)10-3-5-12(6-4-10)18(2,16)17/h3-8H,1-2H3. The van der Waals surface area contributed by atoms with Gasteiger partial charge in [-0.05, 0) is 30.7 Å². The molecule has 0 spiro atoms. The summed E-state index contributed by atoms with van der Waals surface area (Å²) in [4.78, 5) is 3.90. The van der Waals surface area contributed by atoms with Crippen LogP contribution in [0.1, 0.15) is 5.56 Å². The summed E-state index contributed by atoms with van der Waals surface area (Å²) in [5, 5.41) is 0. The van der Waals surface area contributed by atoms with Gasteiger partial charge in [-0.2, -0.15) is 4.39 Å². The van der Waals surface area contributed by atoms with Crippen molar-refractivity contribution in [1.29, 1.82) is 0 Å². The van der Waals surface area contributed by atoms with Gasteiger partial charge >= 0.3 is 0 Å². The quantitative estimate of drug-likeness (QED) is 0.784. The lowest BCUT2D eigenvalue weighted by Gasteiger charge is -2.04. The first kappa shape index (κ1) is 12.7. The summed E-state index contributed by atoms with van der Waals surface area (Å²) in [6.45, 7) is 1.64. The lowest BCUT2D eigenvalue weighted by molar-refractivity contribution is 0.575. The number of aromatic nitrogens is 1. The van der Waals surface area contributed by atoms with Gasteiger partial charge in [-0.3, -0.25) is 0 Å². The minimum Gasteiger partial charge on any atom is -0.227 e.